The van der Waals surface area contributed by atoms with Gasteiger partial charge >= 0.3 is 0 Å². The molecule has 0 radical (unpaired) electrons. The molecule has 1 aliphatic heterocycles. The maximum Gasteiger partial charge on any atom is 0.251 e. The molecule has 7 heteroatoms. The van der Waals surface area contributed by atoms with Gasteiger partial charge in [-0.3, -0.25) is 4.79 Å². The van der Waals surface area contributed by atoms with Crippen LogP contribution in [0, 0.1) is 12.8 Å². The maximum absolute atomic E-state index is 13.1. The monoisotopic (exact) mass is 472 g/mol. The topological polar surface area (TPSA) is 75.7 Å². The zero-order valence-electron chi connectivity index (χ0n) is 20.5. The van der Waals surface area contributed by atoms with Crippen LogP contribution in [0.5, 0.6) is 5.75 Å². The number of hydrogen-bond donors (Lipinski definition) is 1. The lowest BCUT2D eigenvalue weighted by Gasteiger charge is -2.29. The van der Waals surface area contributed by atoms with Gasteiger partial charge in [0.05, 0.1) is 18.0 Å². The second-order valence-corrected chi connectivity index (χ2v) is 11.4. The molecule has 0 aliphatic carbocycles. The van der Waals surface area contributed by atoms with Gasteiger partial charge in [-0.1, -0.05) is 26.8 Å². The van der Waals surface area contributed by atoms with Crippen LogP contribution in [0.1, 0.15) is 79.5 Å². The molecule has 1 saturated heterocycles. The summed E-state index contributed by atoms with van der Waals surface area (Å²) in [5, 5.41) is 3.03. The quantitative estimate of drug-likeness (QED) is 0.613. The normalized spacial score (nSPS) is 16.6. The molecule has 1 heterocycles. The number of aryl methyl sites for hydroxylation is 1. The molecule has 1 amide bonds. The molecule has 6 nitrogen and oxygen atoms in total. The van der Waals surface area contributed by atoms with Gasteiger partial charge in [0, 0.05) is 18.7 Å². The average molecular weight is 473 g/mol. The number of sulfonamides is 1. The highest BCUT2D eigenvalue weighted by molar-refractivity contribution is 7.89. The van der Waals surface area contributed by atoms with E-state index in [1.807, 2.05) is 19.9 Å². The summed E-state index contributed by atoms with van der Waals surface area (Å²) in [5.74, 6) is 1.36. The first-order valence-electron chi connectivity index (χ1n) is 11.6. The van der Waals surface area contributed by atoms with Crippen molar-refractivity contribution in [3.05, 3.63) is 58.7 Å². The molecule has 3 rings (SSSR count). The number of nitrogens with one attached hydrogen (secondary N) is 1. The molecule has 2 aromatic carbocycles. The predicted octanol–water partition coefficient (Wildman–Crippen LogP) is 5.04. The fourth-order valence-electron chi connectivity index (χ4n) is 4.34. The van der Waals surface area contributed by atoms with Crippen LogP contribution in [0.2, 0.25) is 0 Å². The van der Waals surface area contributed by atoms with Crippen molar-refractivity contribution < 1.29 is 17.9 Å². The predicted molar refractivity (Wildman–Crippen MR) is 131 cm³/mol. The number of methoxy groups -OCH3 is 1. The number of rotatable bonds is 7. The Labute approximate surface area is 198 Å². The summed E-state index contributed by atoms with van der Waals surface area (Å²) in [7, 11) is -1.95. The Morgan fingerprint density at radius 3 is 2.36 bits per heavy atom. The summed E-state index contributed by atoms with van der Waals surface area (Å²) < 4.78 is 33.3. The van der Waals surface area contributed by atoms with E-state index < -0.39 is 10.0 Å². The summed E-state index contributed by atoms with van der Waals surface area (Å²) in [6.45, 7) is 11.3. The van der Waals surface area contributed by atoms with Gasteiger partial charge in [-0.2, -0.15) is 4.31 Å². The molecular weight excluding hydrogens is 436 g/mol. The van der Waals surface area contributed by atoms with Crippen molar-refractivity contribution in [1.82, 2.24) is 9.62 Å². The number of benzene rings is 2. The van der Waals surface area contributed by atoms with Crippen LogP contribution < -0.4 is 10.1 Å². The van der Waals surface area contributed by atoms with E-state index in [1.54, 1.807) is 25.3 Å². The first-order chi connectivity index (χ1) is 15.5. The van der Waals surface area contributed by atoms with Crippen molar-refractivity contribution in [2.24, 2.45) is 5.92 Å². The Balaban J connectivity index is 1.81. The van der Waals surface area contributed by atoms with Gasteiger partial charge < -0.3 is 10.1 Å². The SMILES string of the molecule is COc1cc(C)c([C@H](C)NC(=O)c2cccc(S(=O)(=O)N3CCC(C)CC3)c2)cc1C(C)C. The van der Waals surface area contributed by atoms with E-state index in [0.717, 1.165) is 35.3 Å². The number of carbonyl (C=O) groups is 1. The second kappa shape index (κ2) is 10.3. The number of hydrogen-bond acceptors (Lipinski definition) is 4. The van der Waals surface area contributed by atoms with Gasteiger partial charge in [0.2, 0.25) is 10.0 Å². The van der Waals surface area contributed by atoms with Gasteiger partial charge in [-0.25, -0.2) is 8.42 Å². The maximum atomic E-state index is 13.1. The lowest BCUT2D eigenvalue weighted by atomic mass is 9.93. The van der Waals surface area contributed by atoms with E-state index in [2.05, 4.69) is 32.2 Å². The first-order valence-corrected chi connectivity index (χ1v) is 13.1. The fourth-order valence-corrected chi connectivity index (χ4v) is 5.86. The number of carbonyl (C=O) groups excluding carboxylic acids is 1. The molecule has 33 heavy (non-hydrogen) atoms. The van der Waals surface area contributed by atoms with Crippen molar-refractivity contribution in [3.8, 4) is 5.75 Å². The molecule has 1 aliphatic rings. The Kier molecular flexibility index (Phi) is 7.85. The third-order valence-electron chi connectivity index (χ3n) is 6.53. The summed E-state index contributed by atoms with van der Waals surface area (Å²) in [6.07, 6.45) is 1.72. The molecule has 0 aromatic heterocycles. The van der Waals surface area contributed by atoms with E-state index >= 15 is 0 Å². The highest BCUT2D eigenvalue weighted by atomic mass is 32.2. The largest absolute Gasteiger partial charge is 0.496 e. The molecule has 0 spiro atoms. The van der Waals surface area contributed by atoms with Crippen LogP contribution in [0.3, 0.4) is 0 Å². The molecule has 1 N–H and O–H groups in total. The van der Waals surface area contributed by atoms with Crippen LogP contribution in [0.15, 0.2) is 41.3 Å². The molecular formula is C26H36N2O4S. The Bertz CT molecular complexity index is 1100. The number of nitrogens with zero attached hydrogens (tertiary/aromatic N) is 1. The lowest BCUT2D eigenvalue weighted by Crippen LogP contribution is -2.38. The summed E-state index contributed by atoms with van der Waals surface area (Å²) in [5.41, 5.74) is 3.46. The zero-order valence-corrected chi connectivity index (χ0v) is 21.3. The van der Waals surface area contributed by atoms with Crippen molar-refractivity contribution in [1.29, 1.82) is 0 Å². The molecule has 2 aromatic rings. The van der Waals surface area contributed by atoms with E-state index in [4.69, 9.17) is 4.74 Å². The minimum absolute atomic E-state index is 0.167. The molecule has 1 fully saturated rings. The van der Waals surface area contributed by atoms with Crippen LogP contribution in [-0.2, 0) is 10.0 Å². The zero-order chi connectivity index (χ0) is 24.3. The average Bonchev–Trinajstić information content (AvgIpc) is 2.78. The first kappa shape index (κ1) is 25.2. The van der Waals surface area contributed by atoms with Gasteiger partial charge in [0.15, 0.2) is 0 Å². The lowest BCUT2D eigenvalue weighted by molar-refractivity contribution is 0.0939. The van der Waals surface area contributed by atoms with Gasteiger partial charge in [0.25, 0.3) is 5.91 Å². The van der Waals surface area contributed by atoms with Crippen molar-refractivity contribution in [2.45, 2.75) is 64.3 Å². The third-order valence-corrected chi connectivity index (χ3v) is 8.43. The van der Waals surface area contributed by atoms with Gasteiger partial charge in [-0.15, -0.1) is 0 Å². The molecule has 0 saturated carbocycles. The fraction of sp³-hybridized carbons (Fsp3) is 0.500. The smallest absolute Gasteiger partial charge is 0.251 e. The second-order valence-electron chi connectivity index (χ2n) is 9.42. The minimum Gasteiger partial charge on any atom is -0.496 e. The number of amides is 1. The number of ether oxygens (including phenoxy) is 1. The minimum atomic E-state index is -3.61. The van der Waals surface area contributed by atoms with Gasteiger partial charge in [-0.05, 0) is 85.5 Å². The third kappa shape index (κ3) is 5.58. The van der Waals surface area contributed by atoms with Crippen LogP contribution >= 0.6 is 0 Å². The van der Waals surface area contributed by atoms with Crippen LogP contribution in [-0.4, -0.2) is 38.8 Å². The van der Waals surface area contributed by atoms with Crippen LogP contribution in [0.25, 0.3) is 0 Å². The van der Waals surface area contributed by atoms with Crippen molar-refractivity contribution >= 4 is 15.9 Å². The highest BCUT2D eigenvalue weighted by Gasteiger charge is 2.28. The van der Waals surface area contributed by atoms with Gasteiger partial charge in [0.1, 0.15) is 5.75 Å². The Morgan fingerprint density at radius 1 is 1.09 bits per heavy atom. The summed E-state index contributed by atoms with van der Waals surface area (Å²) >= 11 is 0. The molecule has 180 valence electrons. The number of piperidine rings is 1. The standard InChI is InChI=1S/C26H36N2O4S/c1-17(2)23-16-24(19(4)14-25(23)32-6)20(5)27-26(29)21-8-7-9-22(15-21)33(30,31)28-12-10-18(3)11-13-28/h7-9,14-18,20H,10-13H2,1-6H3,(H,27,29)/t20-/m0/s1. The molecule has 0 bridgehead atoms. The van der Waals surface area contributed by atoms with Crippen molar-refractivity contribution in [3.63, 3.8) is 0 Å². The van der Waals surface area contributed by atoms with Crippen molar-refractivity contribution in [2.75, 3.05) is 20.2 Å². The Hall–Kier alpha value is -2.38. The van der Waals surface area contributed by atoms with E-state index in [0.29, 0.717) is 24.6 Å². The van der Waals surface area contributed by atoms with E-state index in [9.17, 15) is 13.2 Å². The Morgan fingerprint density at radius 2 is 1.76 bits per heavy atom. The van der Waals surface area contributed by atoms with E-state index in [1.165, 1.54) is 10.4 Å². The summed E-state index contributed by atoms with van der Waals surface area (Å²) in [4.78, 5) is 13.2. The molecule has 0 unspecified atom stereocenters. The summed E-state index contributed by atoms with van der Waals surface area (Å²) in [6, 6.07) is 10.2. The molecule has 1 atom stereocenters. The highest BCUT2D eigenvalue weighted by Crippen LogP contribution is 2.32. The van der Waals surface area contributed by atoms with E-state index in [-0.39, 0.29) is 22.8 Å². The van der Waals surface area contributed by atoms with Crippen LogP contribution in [0.4, 0.5) is 0 Å².